The van der Waals surface area contributed by atoms with Crippen LogP contribution in [-0.4, -0.2) is 48.9 Å². The van der Waals surface area contributed by atoms with Gasteiger partial charge in [0.15, 0.2) is 0 Å². The van der Waals surface area contributed by atoms with Crippen molar-refractivity contribution in [2.75, 3.05) is 38.1 Å². The van der Waals surface area contributed by atoms with E-state index in [-0.39, 0.29) is 5.91 Å². The van der Waals surface area contributed by atoms with E-state index in [0.29, 0.717) is 32.2 Å². The smallest absolute Gasteiger partial charge is 0.280 e. The van der Waals surface area contributed by atoms with Crippen molar-refractivity contribution in [1.82, 2.24) is 9.80 Å². The molecule has 2 aliphatic rings. The molecule has 2 aliphatic heterocycles. The van der Waals surface area contributed by atoms with Crippen LogP contribution in [0.4, 0.5) is 5.69 Å². The van der Waals surface area contributed by atoms with Gasteiger partial charge in [0, 0.05) is 26.2 Å². The predicted octanol–water partition coefficient (Wildman–Crippen LogP) is 3.86. The van der Waals surface area contributed by atoms with Gasteiger partial charge in [0.1, 0.15) is 5.70 Å². The molecule has 4 nitrogen and oxygen atoms in total. The fraction of sp³-hybridized carbons (Fsp3) is 0.353. The lowest BCUT2D eigenvalue weighted by Crippen LogP contribution is -2.45. The van der Waals surface area contributed by atoms with Crippen LogP contribution in [0.25, 0.3) is 0 Å². The Morgan fingerprint density at radius 3 is 2.33 bits per heavy atom. The van der Waals surface area contributed by atoms with Gasteiger partial charge in [-0.1, -0.05) is 47.4 Å². The number of likely N-dealkylation sites (N-methyl/N-ethyl adjacent to an activating group) is 1. The molecule has 128 valence electrons. The number of allylic oxidation sites excluding steroid dienone is 1. The first-order valence-corrected chi connectivity index (χ1v) is 8.78. The van der Waals surface area contributed by atoms with Gasteiger partial charge in [-0.3, -0.25) is 9.69 Å². The first kappa shape index (κ1) is 17.6. The van der Waals surface area contributed by atoms with Crippen molar-refractivity contribution in [1.29, 1.82) is 0 Å². The monoisotopic (exact) mass is 385 g/mol. The number of anilines is 1. The van der Waals surface area contributed by atoms with E-state index in [4.69, 9.17) is 34.8 Å². The lowest BCUT2D eigenvalue weighted by Gasteiger charge is -2.34. The number of nitrogens with zero attached hydrogens (tertiary/aromatic N) is 3. The number of aryl methyl sites for hydroxylation is 1. The molecule has 7 heteroatoms. The largest absolute Gasteiger partial charge is 0.363 e. The molecule has 0 radical (unpaired) electrons. The van der Waals surface area contributed by atoms with Crippen molar-refractivity contribution in [3.8, 4) is 0 Å². The first-order valence-electron chi connectivity index (χ1n) is 7.64. The summed E-state index contributed by atoms with van der Waals surface area (Å²) < 4.78 is 0. The second kappa shape index (κ2) is 6.60. The van der Waals surface area contributed by atoms with E-state index in [1.807, 2.05) is 17.9 Å². The van der Waals surface area contributed by atoms with Gasteiger partial charge in [0.05, 0.1) is 26.5 Å². The van der Waals surface area contributed by atoms with Crippen LogP contribution in [0.15, 0.2) is 35.1 Å². The van der Waals surface area contributed by atoms with Gasteiger partial charge in [-0.25, -0.2) is 0 Å². The van der Waals surface area contributed by atoms with Gasteiger partial charge >= 0.3 is 0 Å². The van der Waals surface area contributed by atoms with Gasteiger partial charge in [-0.2, -0.15) is 0 Å². The predicted molar refractivity (Wildman–Crippen MR) is 99.8 cm³/mol. The maximum Gasteiger partial charge on any atom is 0.280 e. The number of piperazine rings is 1. The van der Waals surface area contributed by atoms with Gasteiger partial charge in [0.2, 0.25) is 0 Å². The molecular formula is C17H18Cl3N3O. The number of halogens is 3. The summed E-state index contributed by atoms with van der Waals surface area (Å²) in [5.74, 6) is -0.232. The molecule has 0 N–H and O–H groups in total. The maximum absolute atomic E-state index is 13.1. The van der Waals surface area contributed by atoms with Crippen molar-refractivity contribution < 1.29 is 4.79 Å². The summed E-state index contributed by atoms with van der Waals surface area (Å²) in [7, 11) is 2.06. The molecule has 0 saturated carbocycles. The molecule has 1 aromatic rings. The molecule has 0 aromatic heterocycles. The van der Waals surface area contributed by atoms with Crippen LogP contribution >= 0.6 is 34.8 Å². The number of hydrogen-bond acceptors (Lipinski definition) is 3. The van der Waals surface area contributed by atoms with Crippen molar-refractivity contribution in [3.63, 3.8) is 0 Å². The molecule has 0 spiro atoms. The fourth-order valence-electron chi connectivity index (χ4n) is 2.94. The topological polar surface area (TPSA) is 26.8 Å². The van der Waals surface area contributed by atoms with E-state index in [0.717, 1.165) is 31.7 Å². The molecule has 0 bridgehead atoms. The maximum atomic E-state index is 13.1. The average molecular weight is 387 g/mol. The van der Waals surface area contributed by atoms with Gasteiger partial charge in [-0.05, 0) is 25.6 Å². The molecule has 24 heavy (non-hydrogen) atoms. The fourth-order valence-corrected chi connectivity index (χ4v) is 3.77. The zero-order chi connectivity index (χ0) is 17.6. The summed E-state index contributed by atoms with van der Waals surface area (Å²) in [6.45, 7) is 9.07. The van der Waals surface area contributed by atoms with E-state index in [1.54, 1.807) is 6.07 Å². The summed E-state index contributed by atoms with van der Waals surface area (Å²) in [6.07, 6.45) is 0. The van der Waals surface area contributed by atoms with Crippen LogP contribution in [0, 0.1) is 6.92 Å². The Morgan fingerprint density at radius 1 is 1.08 bits per heavy atom. The minimum atomic E-state index is -0.232. The van der Waals surface area contributed by atoms with Crippen LogP contribution in [-0.2, 0) is 4.79 Å². The first-order chi connectivity index (χ1) is 11.3. The summed E-state index contributed by atoms with van der Waals surface area (Å²) in [5, 5.41) is 1.18. The normalized spacial score (nSPS) is 19.7. The Labute approximate surface area is 156 Å². The number of amides is 1. The third-order valence-electron chi connectivity index (χ3n) is 4.44. The van der Waals surface area contributed by atoms with E-state index in [2.05, 4.69) is 18.5 Å². The molecule has 3 rings (SSSR count). The highest BCUT2D eigenvalue weighted by Crippen LogP contribution is 2.44. The Hall–Kier alpha value is -1.20. The Bertz CT molecular complexity index is 752. The van der Waals surface area contributed by atoms with E-state index >= 15 is 0 Å². The molecule has 1 aromatic carbocycles. The number of benzene rings is 1. The van der Waals surface area contributed by atoms with Gasteiger partial charge in [-0.15, -0.1) is 0 Å². The summed E-state index contributed by atoms with van der Waals surface area (Å²) in [5.41, 5.74) is 2.16. The minimum absolute atomic E-state index is 0.232. The third-order valence-corrected chi connectivity index (χ3v) is 5.62. The van der Waals surface area contributed by atoms with Crippen molar-refractivity contribution in [2.24, 2.45) is 0 Å². The number of hydrogen-bond donors (Lipinski definition) is 0. The highest BCUT2D eigenvalue weighted by molar-refractivity contribution is 6.43. The van der Waals surface area contributed by atoms with Gasteiger partial charge < -0.3 is 9.80 Å². The quantitative estimate of drug-likeness (QED) is 0.772. The zero-order valence-electron chi connectivity index (χ0n) is 13.6. The van der Waals surface area contributed by atoms with Crippen LogP contribution in [0.1, 0.15) is 5.56 Å². The lowest BCUT2D eigenvalue weighted by atomic mass is 10.2. The summed E-state index contributed by atoms with van der Waals surface area (Å²) in [4.78, 5) is 18.7. The van der Waals surface area contributed by atoms with E-state index in [9.17, 15) is 4.79 Å². The SMILES string of the molecule is C=C1C(Cl)=C(N2CCN(C)CC2)C(=O)N1c1c(Cl)ccc(C)c1Cl. The third kappa shape index (κ3) is 2.82. The lowest BCUT2D eigenvalue weighted by molar-refractivity contribution is -0.115. The molecule has 1 fully saturated rings. The van der Waals surface area contributed by atoms with Crippen LogP contribution < -0.4 is 4.90 Å². The average Bonchev–Trinajstić information content (AvgIpc) is 2.76. The molecule has 1 saturated heterocycles. The second-order valence-corrected chi connectivity index (χ2v) is 7.23. The molecule has 2 heterocycles. The standard InChI is InChI=1S/C17H18Cl3N3O/c1-10-4-5-12(18)15(13(10)19)23-11(2)14(20)16(17(23)24)22-8-6-21(3)7-9-22/h4-5H,2,6-9H2,1,3H3. The van der Waals surface area contributed by atoms with Crippen molar-refractivity contribution >= 4 is 46.4 Å². The second-order valence-electron chi connectivity index (χ2n) is 6.07. The van der Waals surface area contributed by atoms with Crippen LogP contribution in [0.5, 0.6) is 0 Å². The number of rotatable bonds is 2. The van der Waals surface area contributed by atoms with Crippen molar-refractivity contribution in [3.05, 3.63) is 50.7 Å². The Morgan fingerprint density at radius 2 is 1.71 bits per heavy atom. The Kier molecular flexibility index (Phi) is 4.85. The van der Waals surface area contributed by atoms with Crippen LogP contribution in [0.3, 0.4) is 0 Å². The highest BCUT2D eigenvalue weighted by atomic mass is 35.5. The minimum Gasteiger partial charge on any atom is -0.363 e. The summed E-state index contributed by atoms with van der Waals surface area (Å²) >= 11 is 19.2. The Balaban J connectivity index is 1.99. The summed E-state index contributed by atoms with van der Waals surface area (Å²) in [6, 6.07) is 3.54. The number of carbonyl (C=O) groups excluding carboxylic acids is 1. The number of carbonyl (C=O) groups is 1. The molecule has 0 atom stereocenters. The molecule has 1 amide bonds. The van der Waals surface area contributed by atoms with E-state index in [1.165, 1.54) is 4.90 Å². The van der Waals surface area contributed by atoms with Crippen molar-refractivity contribution in [2.45, 2.75) is 6.92 Å². The van der Waals surface area contributed by atoms with Gasteiger partial charge in [0.25, 0.3) is 5.91 Å². The highest BCUT2D eigenvalue weighted by Gasteiger charge is 2.39. The zero-order valence-corrected chi connectivity index (χ0v) is 15.8. The van der Waals surface area contributed by atoms with Crippen LogP contribution in [0.2, 0.25) is 10.0 Å². The molecular weight excluding hydrogens is 369 g/mol. The molecule has 0 unspecified atom stereocenters. The molecule has 0 aliphatic carbocycles. The van der Waals surface area contributed by atoms with E-state index < -0.39 is 0 Å².